The molecule has 140 valence electrons. The number of nitriles is 1. The number of benzene rings is 2. The maximum atomic E-state index is 13.2. The fourth-order valence-corrected chi connectivity index (χ4v) is 3.64. The number of hydrogen-bond acceptors (Lipinski definition) is 3. The molecule has 2 aromatic carbocycles. The third-order valence-corrected chi connectivity index (χ3v) is 5.50. The monoisotopic (exact) mass is 381 g/mol. The average Bonchev–Trinajstić information content (AvgIpc) is 2.94. The molecule has 0 aliphatic carbocycles. The quantitative estimate of drug-likeness (QED) is 0.799. The van der Waals surface area contributed by atoms with Crippen molar-refractivity contribution in [3.63, 3.8) is 0 Å². The van der Waals surface area contributed by atoms with Crippen molar-refractivity contribution in [1.82, 2.24) is 4.90 Å². The Hall–Kier alpha value is -2.51. The summed E-state index contributed by atoms with van der Waals surface area (Å²) in [6.07, 6.45) is 0.919. The average molecular weight is 382 g/mol. The minimum atomic E-state index is -0.589. The normalized spacial score (nSPS) is 15.2. The summed E-state index contributed by atoms with van der Waals surface area (Å²) in [4.78, 5) is 17.5. The van der Waals surface area contributed by atoms with Gasteiger partial charge >= 0.3 is 0 Å². The number of anilines is 1. The van der Waals surface area contributed by atoms with E-state index in [2.05, 4.69) is 11.0 Å². The van der Waals surface area contributed by atoms with E-state index in [1.807, 2.05) is 67.3 Å². The van der Waals surface area contributed by atoms with Gasteiger partial charge in [0.05, 0.1) is 17.0 Å². The zero-order valence-electron chi connectivity index (χ0n) is 15.8. The van der Waals surface area contributed by atoms with Gasteiger partial charge in [0.2, 0.25) is 5.91 Å². The summed E-state index contributed by atoms with van der Waals surface area (Å²) < 4.78 is 0. The first kappa shape index (κ1) is 19.3. The molecule has 27 heavy (non-hydrogen) atoms. The number of carbonyl (C=O) groups excluding carboxylic acids is 1. The van der Waals surface area contributed by atoms with Gasteiger partial charge in [-0.2, -0.15) is 5.26 Å². The van der Waals surface area contributed by atoms with Gasteiger partial charge in [-0.25, -0.2) is 0 Å². The van der Waals surface area contributed by atoms with Crippen LogP contribution in [-0.4, -0.2) is 37.0 Å². The molecule has 0 atom stereocenters. The van der Waals surface area contributed by atoms with Gasteiger partial charge < -0.3 is 9.80 Å². The number of rotatable bonds is 3. The molecule has 3 rings (SSSR count). The van der Waals surface area contributed by atoms with Gasteiger partial charge in [-0.15, -0.1) is 0 Å². The molecule has 1 aliphatic rings. The molecule has 4 nitrogen and oxygen atoms in total. The first-order valence-electron chi connectivity index (χ1n) is 9.22. The molecule has 1 aliphatic heterocycles. The highest BCUT2D eigenvalue weighted by atomic mass is 35.5. The van der Waals surface area contributed by atoms with Gasteiger partial charge in [0.25, 0.3) is 0 Å². The van der Waals surface area contributed by atoms with Gasteiger partial charge in [0.15, 0.2) is 0 Å². The second kappa shape index (κ2) is 8.02. The van der Waals surface area contributed by atoms with Crippen LogP contribution in [-0.2, 0) is 10.2 Å². The van der Waals surface area contributed by atoms with Crippen LogP contribution in [0, 0.1) is 11.3 Å². The predicted octanol–water partition coefficient (Wildman–Crippen LogP) is 4.23. The van der Waals surface area contributed by atoms with Crippen molar-refractivity contribution in [2.75, 3.05) is 31.1 Å². The maximum absolute atomic E-state index is 13.2. The van der Waals surface area contributed by atoms with E-state index < -0.39 is 5.41 Å². The Morgan fingerprint density at radius 1 is 1.00 bits per heavy atom. The van der Waals surface area contributed by atoms with Crippen LogP contribution in [0.2, 0.25) is 5.02 Å². The van der Waals surface area contributed by atoms with Crippen molar-refractivity contribution in [2.45, 2.75) is 25.7 Å². The molecule has 2 aromatic rings. The van der Waals surface area contributed by atoms with Crippen LogP contribution in [0.25, 0.3) is 0 Å². The van der Waals surface area contributed by atoms with Crippen molar-refractivity contribution in [3.05, 3.63) is 64.7 Å². The number of hydrogen-bond donors (Lipinski definition) is 0. The van der Waals surface area contributed by atoms with Crippen LogP contribution in [0.5, 0.6) is 0 Å². The van der Waals surface area contributed by atoms with Crippen molar-refractivity contribution < 1.29 is 4.79 Å². The van der Waals surface area contributed by atoms with E-state index in [0.29, 0.717) is 17.1 Å². The standard InChI is InChI=1S/C22H24ClN3O/c1-22(2,18-6-8-19(23)9-7-18)21(27)26-13-3-12-25(14-15-26)20-10-4-17(16-24)5-11-20/h4-11H,3,12-15H2,1-2H3. The first-order valence-corrected chi connectivity index (χ1v) is 9.60. The Morgan fingerprint density at radius 3 is 2.30 bits per heavy atom. The van der Waals surface area contributed by atoms with Crippen LogP contribution >= 0.6 is 11.6 Å². The molecule has 1 fully saturated rings. The second-order valence-corrected chi connectivity index (χ2v) is 7.86. The Kier molecular flexibility index (Phi) is 5.72. The molecule has 0 bridgehead atoms. The number of amides is 1. The fraction of sp³-hybridized carbons (Fsp3) is 0.364. The lowest BCUT2D eigenvalue weighted by Gasteiger charge is -2.32. The van der Waals surface area contributed by atoms with Gasteiger partial charge in [0, 0.05) is 36.9 Å². The molecule has 0 spiro atoms. The zero-order chi connectivity index (χ0) is 19.4. The minimum absolute atomic E-state index is 0.145. The van der Waals surface area contributed by atoms with Crippen LogP contribution in [0.3, 0.4) is 0 Å². The Labute approximate surface area is 166 Å². The van der Waals surface area contributed by atoms with E-state index in [4.69, 9.17) is 16.9 Å². The largest absolute Gasteiger partial charge is 0.370 e. The summed E-state index contributed by atoms with van der Waals surface area (Å²) in [6.45, 7) is 7.08. The van der Waals surface area contributed by atoms with Gasteiger partial charge in [-0.3, -0.25) is 4.79 Å². The van der Waals surface area contributed by atoms with Crippen LogP contribution in [0.1, 0.15) is 31.4 Å². The topological polar surface area (TPSA) is 47.3 Å². The lowest BCUT2D eigenvalue weighted by Crippen LogP contribution is -2.45. The SMILES string of the molecule is CC(C)(C(=O)N1CCCN(c2ccc(C#N)cc2)CC1)c1ccc(Cl)cc1. The fourth-order valence-electron chi connectivity index (χ4n) is 3.51. The molecule has 1 heterocycles. The highest BCUT2D eigenvalue weighted by molar-refractivity contribution is 6.30. The Bertz CT molecular complexity index is 837. The van der Waals surface area contributed by atoms with E-state index in [1.54, 1.807) is 0 Å². The minimum Gasteiger partial charge on any atom is -0.370 e. The summed E-state index contributed by atoms with van der Waals surface area (Å²) in [5, 5.41) is 9.63. The summed E-state index contributed by atoms with van der Waals surface area (Å²) in [5.74, 6) is 0.145. The van der Waals surface area contributed by atoms with E-state index in [-0.39, 0.29) is 5.91 Å². The van der Waals surface area contributed by atoms with Crippen molar-refractivity contribution in [1.29, 1.82) is 5.26 Å². The number of carbonyl (C=O) groups is 1. The van der Waals surface area contributed by atoms with Crippen LogP contribution in [0.15, 0.2) is 48.5 Å². The molecular formula is C22H24ClN3O. The third-order valence-electron chi connectivity index (χ3n) is 5.25. The molecule has 0 N–H and O–H groups in total. The summed E-state index contributed by atoms with van der Waals surface area (Å²) in [5.41, 5.74) is 2.15. The molecule has 1 amide bonds. The lowest BCUT2D eigenvalue weighted by atomic mass is 9.83. The van der Waals surface area contributed by atoms with E-state index in [1.165, 1.54) is 0 Å². The maximum Gasteiger partial charge on any atom is 0.232 e. The molecule has 0 aromatic heterocycles. The molecule has 0 unspecified atom stereocenters. The molecule has 0 saturated carbocycles. The smallest absolute Gasteiger partial charge is 0.232 e. The van der Waals surface area contributed by atoms with Crippen molar-refractivity contribution >= 4 is 23.2 Å². The number of halogens is 1. The van der Waals surface area contributed by atoms with Gasteiger partial charge in [-0.05, 0) is 62.2 Å². The molecule has 0 radical (unpaired) electrons. The third kappa shape index (κ3) is 4.26. The summed E-state index contributed by atoms with van der Waals surface area (Å²) in [7, 11) is 0. The molecule has 1 saturated heterocycles. The van der Waals surface area contributed by atoms with E-state index in [9.17, 15) is 4.79 Å². The van der Waals surface area contributed by atoms with Crippen molar-refractivity contribution in [2.24, 2.45) is 0 Å². The molecule has 5 heteroatoms. The first-order chi connectivity index (χ1) is 12.9. The number of nitrogens with zero attached hydrogens (tertiary/aromatic N) is 3. The van der Waals surface area contributed by atoms with Crippen LogP contribution in [0.4, 0.5) is 5.69 Å². The Balaban J connectivity index is 1.70. The highest BCUT2D eigenvalue weighted by Gasteiger charge is 2.34. The predicted molar refractivity (Wildman–Crippen MR) is 109 cm³/mol. The van der Waals surface area contributed by atoms with Crippen LogP contribution < -0.4 is 4.90 Å². The lowest BCUT2D eigenvalue weighted by molar-refractivity contribution is -0.136. The van der Waals surface area contributed by atoms with Crippen molar-refractivity contribution in [3.8, 4) is 6.07 Å². The summed E-state index contributed by atoms with van der Waals surface area (Å²) in [6, 6.07) is 17.3. The van der Waals surface area contributed by atoms with Gasteiger partial charge in [-0.1, -0.05) is 23.7 Å². The van der Waals surface area contributed by atoms with E-state index in [0.717, 1.165) is 37.3 Å². The second-order valence-electron chi connectivity index (χ2n) is 7.42. The summed E-state index contributed by atoms with van der Waals surface area (Å²) >= 11 is 5.99. The highest BCUT2D eigenvalue weighted by Crippen LogP contribution is 2.28. The zero-order valence-corrected chi connectivity index (χ0v) is 16.5. The molecular weight excluding hydrogens is 358 g/mol. The Morgan fingerprint density at radius 2 is 1.67 bits per heavy atom. The van der Waals surface area contributed by atoms with E-state index >= 15 is 0 Å². The van der Waals surface area contributed by atoms with Gasteiger partial charge in [0.1, 0.15) is 0 Å².